The van der Waals surface area contributed by atoms with Crippen molar-refractivity contribution >= 4 is 25.8 Å². The number of cyclic esters (lactones) is 1. The Morgan fingerprint density at radius 1 is 1.05 bits per heavy atom. The molecular weight excluding hydrogens is 510 g/mol. The molecule has 3 heterocycles. The van der Waals surface area contributed by atoms with Crippen LogP contribution >= 0.6 is 0 Å². The number of hydrogen-bond donors (Lipinski definition) is 1. The van der Waals surface area contributed by atoms with Gasteiger partial charge in [-0.15, -0.1) is 5.10 Å². The molecule has 39 heavy (non-hydrogen) atoms. The Morgan fingerprint density at radius 3 is 2.31 bits per heavy atom. The molecule has 1 N–H and O–H groups in total. The SMILES string of the molecule is Cc1cn(C[C@H]2CN(c3ccc(-c4ccc(C5=CC(CO[Si](C)(C)C(C)(C)C)ON5)cc4)cc3)C(=O)O2)nn1. The third-order valence-electron chi connectivity index (χ3n) is 7.71. The van der Waals surface area contributed by atoms with Crippen LogP contribution in [-0.4, -0.2) is 54.8 Å². The number of carbonyl (C=O) groups is 1. The van der Waals surface area contributed by atoms with Gasteiger partial charge in [-0.1, -0.05) is 62.4 Å². The van der Waals surface area contributed by atoms with Gasteiger partial charge in [-0.25, -0.2) is 9.48 Å². The molecule has 2 aliphatic heterocycles. The van der Waals surface area contributed by atoms with Crippen molar-refractivity contribution in [2.45, 2.75) is 64.6 Å². The molecule has 5 rings (SSSR count). The van der Waals surface area contributed by atoms with E-state index < -0.39 is 8.32 Å². The Labute approximate surface area is 230 Å². The van der Waals surface area contributed by atoms with Crippen LogP contribution in [0.25, 0.3) is 16.8 Å². The van der Waals surface area contributed by atoms with Gasteiger partial charge in [-0.05, 0) is 60.0 Å². The average Bonchev–Trinajstić information content (AvgIpc) is 3.63. The maximum Gasteiger partial charge on any atom is 0.414 e. The van der Waals surface area contributed by atoms with Crippen LogP contribution in [0.2, 0.25) is 18.1 Å². The van der Waals surface area contributed by atoms with Crippen LogP contribution in [0.4, 0.5) is 10.5 Å². The maximum absolute atomic E-state index is 12.5. The summed E-state index contributed by atoms with van der Waals surface area (Å²) in [5, 5.41) is 8.20. The predicted octanol–water partition coefficient (Wildman–Crippen LogP) is 5.55. The number of hydrogen-bond acceptors (Lipinski definition) is 7. The number of ether oxygens (including phenoxy) is 1. The minimum atomic E-state index is -1.83. The average molecular weight is 548 g/mol. The van der Waals surface area contributed by atoms with E-state index in [4.69, 9.17) is 14.0 Å². The van der Waals surface area contributed by atoms with Crippen LogP contribution in [0.5, 0.6) is 0 Å². The van der Waals surface area contributed by atoms with Crippen molar-refractivity contribution in [3.8, 4) is 11.1 Å². The van der Waals surface area contributed by atoms with E-state index >= 15 is 0 Å². The highest BCUT2D eigenvalue weighted by molar-refractivity contribution is 6.74. The van der Waals surface area contributed by atoms with Crippen molar-refractivity contribution in [2.24, 2.45) is 0 Å². The lowest BCUT2D eigenvalue weighted by atomic mass is 10.0. The summed E-state index contributed by atoms with van der Waals surface area (Å²) in [5.41, 5.74) is 8.86. The molecule has 2 aliphatic rings. The van der Waals surface area contributed by atoms with Crippen molar-refractivity contribution in [1.29, 1.82) is 0 Å². The number of nitrogens with one attached hydrogen (secondary N) is 1. The minimum Gasteiger partial charge on any atom is -0.442 e. The molecule has 0 bridgehead atoms. The van der Waals surface area contributed by atoms with Gasteiger partial charge in [0, 0.05) is 11.9 Å². The second-order valence-corrected chi connectivity index (χ2v) is 16.5. The first-order valence-electron chi connectivity index (χ1n) is 13.3. The summed E-state index contributed by atoms with van der Waals surface area (Å²) in [7, 11) is -1.83. The summed E-state index contributed by atoms with van der Waals surface area (Å²) in [6, 6.07) is 16.3. The van der Waals surface area contributed by atoms with Gasteiger partial charge in [0.2, 0.25) is 0 Å². The van der Waals surface area contributed by atoms with E-state index in [9.17, 15) is 4.79 Å². The Kier molecular flexibility index (Phi) is 7.36. The maximum atomic E-state index is 12.5. The normalized spacial score (nSPS) is 19.7. The van der Waals surface area contributed by atoms with Crippen molar-refractivity contribution in [2.75, 3.05) is 18.1 Å². The zero-order valence-corrected chi connectivity index (χ0v) is 24.5. The summed E-state index contributed by atoms with van der Waals surface area (Å²) in [6.07, 6.45) is 3.20. The highest BCUT2D eigenvalue weighted by Gasteiger charge is 2.38. The Morgan fingerprint density at radius 2 is 1.69 bits per heavy atom. The van der Waals surface area contributed by atoms with Crippen LogP contribution in [0.15, 0.2) is 60.8 Å². The molecule has 0 aliphatic carbocycles. The number of hydroxylamine groups is 1. The standard InChI is InChI=1S/C29H37N5O4Si/c1-20-16-33(32-30-20)17-26-18-34(28(35)37-26)24-13-11-22(12-14-24)21-7-9-23(10-8-21)27-15-25(38-31-27)19-36-39(5,6)29(2,3)4/h7-16,25-26,31H,17-19H2,1-6H3/t25?,26-/m0/s1. The molecule has 0 radical (unpaired) electrons. The van der Waals surface area contributed by atoms with E-state index in [1.165, 1.54) is 0 Å². The molecule has 1 unspecified atom stereocenters. The Hall–Kier alpha value is -3.47. The molecule has 1 fully saturated rings. The molecule has 2 aromatic carbocycles. The zero-order chi connectivity index (χ0) is 27.8. The second-order valence-electron chi connectivity index (χ2n) is 11.7. The second kappa shape index (κ2) is 10.6. The molecular formula is C29H37N5O4Si. The number of aromatic nitrogens is 3. The van der Waals surface area contributed by atoms with Crippen LogP contribution in [-0.2, 0) is 20.5 Å². The first-order valence-corrected chi connectivity index (χ1v) is 16.2. The van der Waals surface area contributed by atoms with Gasteiger partial charge in [-0.2, -0.15) is 0 Å². The molecule has 1 amide bonds. The fourth-order valence-electron chi connectivity index (χ4n) is 4.33. The van der Waals surface area contributed by atoms with E-state index in [0.717, 1.165) is 33.8 Å². The fourth-order valence-corrected chi connectivity index (χ4v) is 5.35. The topological polar surface area (TPSA) is 90.7 Å². The van der Waals surface area contributed by atoms with Crippen molar-refractivity contribution in [3.63, 3.8) is 0 Å². The highest BCUT2D eigenvalue weighted by Crippen LogP contribution is 2.37. The molecule has 9 nitrogen and oxygen atoms in total. The van der Waals surface area contributed by atoms with Gasteiger partial charge in [0.15, 0.2) is 8.32 Å². The van der Waals surface area contributed by atoms with Gasteiger partial charge in [-0.3, -0.25) is 15.2 Å². The highest BCUT2D eigenvalue weighted by atomic mass is 28.4. The quantitative estimate of drug-likeness (QED) is 0.370. The van der Waals surface area contributed by atoms with Crippen LogP contribution < -0.4 is 10.4 Å². The smallest absolute Gasteiger partial charge is 0.414 e. The third-order valence-corrected chi connectivity index (χ3v) is 12.2. The minimum absolute atomic E-state index is 0.112. The number of amides is 1. The van der Waals surface area contributed by atoms with E-state index in [0.29, 0.717) is 19.7 Å². The van der Waals surface area contributed by atoms with Crippen molar-refractivity contribution in [3.05, 3.63) is 72.1 Å². The largest absolute Gasteiger partial charge is 0.442 e. The summed E-state index contributed by atoms with van der Waals surface area (Å²) < 4.78 is 13.6. The predicted molar refractivity (Wildman–Crippen MR) is 153 cm³/mol. The summed E-state index contributed by atoms with van der Waals surface area (Å²) in [5.74, 6) is 0. The Bertz CT molecular complexity index is 1350. The Balaban J connectivity index is 1.19. The number of aryl methyl sites for hydroxylation is 1. The molecule has 206 valence electrons. The third kappa shape index (κ3) is 6.08. The van der Waals surface area contributed by atoms with E-state index in [1.807, 2.05) is 37.4 Å². The molecule has 10 heteroatoms. The van der Waals surface area contributed by atoms with Crippen LogP contribution in [0, 0.1) is 6.92 Å². The van der Waals surface area contributed by atoms with Crippen LogP contribution in [0.1, 0.15) is 32.0 Å². The first kappa shape index (κ1) is 27.1. The molecule has 0 saturated carbocycles. The summed E-state index contributed by atoms with van der Waals surface area (Å²) in [6.45, 7) is 14.6. The lowest BCUT2D eigenvalue weighted by Crippen LogP contribution is -2.42. The number of nitrogens with zero attached hydrogens (tertiary/aromatic N) is 4. The number of benzene rings is 2. The lowest BCUT2D eigenvalue weighted by Gasteiger charge is -2.36. The van der Waals surface area contributed by atoms with Crippen LogP contribution in [0.3, 0.4) is 0 Å². The van der Waals surface area contributed by atoms with Gasteiger partial charge >= 0.3 is 6.09 Å². The van der Waals surface area contributed by atoms with E-state index in [2.05, 4.69) is 80.0 Å². The monoisotopic (exact) mass is 547 g/mol. The molecule has 1 saturated heterocycles. The number of anilines is 1. The molecule has 0 spiro atoms. The number of rotatable bonds is 8. The first-order chi connectivity index (χ1) is 18.5. The van der Waals surface area contributed by atoms with Crippen molar-refractivity contribution < 1.29 is 18.8 Å². The molecule has 3 aromatic rings. The summed E-state index contributed by atoms with van der Waals surface area (Å²) in [4.78, 5) is 19.9. The molecule has 2 atom stereocenters. The van der Waals surface area contributed by atoms with Crippen molar-refractivity contribution in [1.82, 2.24) is 20.5 Å². The van der Waals surface area contributed by atoms with Gasteiger partial charge in [0.25, 0.3) is 0 Å². The van der Waals surface area contributed by atoms with E-state index in [1.54, 1.807) is 9.58 Å². The van der Waals surface area contributed by atoms with Gasteiger partial charge < -0.3 is 9.16 Å². The molecule has 1 aromatic heterocycles. The number of carbonyl (C=O) groups excluding carboxylic acids is 1. The lowest BCUT2D eigenvalue weighted by molar-refractivity contribution is 0.0203. The van der Waals surface area contributed by atoms with Gasteiger partial charge in [0.05, 0.1) is 31.1 Å². The van der Waals surface area contributed by atoms with E-state index in [-0.39, 0.29) is 23.3 Å². The fraction of sp³-hybridized carbons (Fsp3) is 0.414. The van der Waals surface area contributed by atoms with Gasteiger partial charge in [0.1, 0.15) is 12.2 Å². The summed E-state index contributed by atoms with van der Waals surface area (Å²) >= 11 is 0. The zero-order valence-electron chi connectivity index (χ0n) is 23.5.